The first kappa shape index (κ1) is 15.1. The molecule has 5 nitrogen and oxygen atoms in total. The molecule has 0 heterocycles. The Balaban J connectivity index is 0. The van der Waals surface area contributed by atoms with E-state index in [1.165, 1.54) is 0 Å². The third kappa shape index (κ3) is 9.52. The van der Waals surface area contributed by atoms with Gasteiger partial charge in [0.15, 0.2) is 0 Å². The van der Waals surface area contributed by atoms with Crippen LogP contribution in [-0.2, 0) is 14.4 Å². The molecule has 0 aliphatic heterocycles. The number of carbonyl (C=O) groups excluding carboxylic acids is 1. The van der Waals surface area contributed by atoms with Crippen molar-refractivity contribution in [1.82, 2.24) is 0 Å². The molecule has 0 spiro atoms. The zero-order valence-electron chi connectivity index (χ0n) is 6.45. The van der Waals surface area contributed by atoms with Gasteiger partial charge in [-0.15, -0.1) is 0 Å². The van der Waals surface area contributed by atoms with E-state index in [0.29, 0.717) is 12.8 Å². The van der Waals surface area contributed by atoms with Crippen molar-refractivity contribution in [3.8, 4) is 0 Å². The first-order chi connectivity index (χ1) is 5.54. The monoisotopic (exact) mass is 198 g/mol. The van der Waals surface area contributed by atoms with Crippen molar-refractivity contribution in [2.45, 2.75) is 25.7 Å². The molecule has 0 saturated heterocycles. The Morgan fingerprint density at radius 1 is 0.923 bits per heavy atom. The Hall–Kier alpha value is -0.390. The Labute approximate surface area is 97.4 Å². The number of rotatable bonds is 6. The molecule has 0 aromatic heterocycles. The van der Waals surface area contributed by atoms with E-state index in [9.17, 15) is 14.4 Å². The van der Waals surface area contributed by atoms with Gasteiger partial charge in [0.05, 0.1) is 0 Å². The van der Waals surface area contributed by atoms with E-state index in [2.05, 4.69) is 0 Å². The van der Waals surface area contributed by atoms with Gasteiger partial charge < -0.3 is 10.2 Å². The van der Waals surface area contributed by atoms with Gasteiger partial charge in [0.2, 0.25) is 5.78 Å². The second-order valence-electron chi connectivity index (χ2n) is 2.33. The van der Waals surface area contributed by atoms with E-state index in [1.54, 1.807) is 0 Å². The van der Waals surface area contributed by atoms with Gasteiger partial charge in [-0.2, -0.15) is 0 Å². The topological polar surface area (TPSA) is 91.7 Å². The Bertz CT molecular complexity index is 201. The molecule has 0 fully saturated rings. The fourth-order valence-corrected chi connectivity index (χ4v) is 0.669. The maximum atomic E-state index is 10.4. The van der Waals surface area contributed by atoms with Crippen LogP contribution in [0.25, 0.3) is 0 Å². The Morgan fingerprint density at radius 3 is 1.77 bits per heavy atom. The van der Waals surface area contributed by atoms with Crippen LogP contribution in [0.15, 0.2) is 0 Å². The number of unbranched alkanes of at least 4 members (excludes halogenated alkanes) is 1. The molecule has 70 valence electrons. The van der Waals surface area contributed by atoms with Crippen LogP contribution in [0.1, 0.15) is 25.7 Å². The summed E-state index contributed by atoms with van der Waals surface area (Å²) >= 11 is 0. The van der Waals surface area contributed by atoms with Crippen molar-refractivity contribution in [1.29, 1.82) is 0 Å². The first-order valence-corrected chi connectivity index (χ1v) is 3.52. The van der Waals surface area contributed by atoms with Crippen LogP contribution < -0.4 is 0 Å². The van der Waals surface area contributed by atoms with Crippen LogP contribution in [0.5, 0.6) is 0 Å². The molecule has 2 N–H and O–H groups in total. The van der Waals surface area contributed by atoms with Gasteiger partial charge in [0.1, 0.15) is 0 Å². The second kappa shape index (κ2) is 8.22. The third-order valence-corrected chi connectivity index (χ3v) is 1.28. The Morgan fingerprint density at radius 2 is 1.38 bits per heavy atom. The number of hydrogen-bond donors (Lipinski definition) is 2. The van der Waals surface area contributed by atoms with E-state index in [1.807, 2.05) is 0 Å². The molecule has 0 amide bonds. The number of carboxylic acid groups (broad SMARTS) is 2. The van der Waals surface area contributed by atoms with Crippen LogP contribution in [0.4, 0.5) is 0 Å². The number of hydrogen-bond acceptors (Lipinski definition) is 3. The summed E-state index contributed by atoms with van der Waals surface area (Å²) in [5.41, 5.74) is 0. The van der Waals surface area contributed by atoms with E-state index in [4.69, 9.17) is 10.2 Å². The van der Waals surface area contributed by atoms with Crippen LogP contribution in [-0.4, -0.2) is 57.5 Å². The van der Waals surface area contributed by atoms with Gasteiger partial charge in [-0.25, -0.2) is 4.79 Å². The van der Waals surface area contributed by atoms with Crippen molar-refractivity contribution in [2.24, 2.45) is 0 Å². The standard InChI is InChI=1S/C7H10O5.Na.H/c8-5(7(11)12)3-1-2-4-6(9)10;;/h1-4H2,(H,9,10)(H,11,12);;. The predicted octanol–water partition coefficient (Wildman–Crippen LogP) is -0.363. The second-order valence-corrected chi connectivity index (χ2v) is 2.33. The molecule has 0 unspecified atom stereocenters. The fourth-order valence-electron chi connectivity index (χ4n) is 0.669. The summed E-state index contributed by atoms with van der Waals surface area (Å²) in [6.45, 7) is 0. The first-order valence-electron chi connectivity index (χ1n) is 3.52. The summed E-state index contributed by atoms with van der Waals surface area (Å²) in [6.07, 6.45) is 0.557. The van der Waals surface area contributed by atoms with Crippen molar-refractivity contribution in [2.75, 3.05) is 0 Å². The molecule has 0 radical (unpaired) electrons. The van der Waals surface area contributed by atoms with E-state index in [-0.39, 0.29) is 42.4 Å². The molecule has 0 atom stereocenters. The normalized spacial score (nSPS) is 8.62. The van der Waals surface area contributed by atoms with E-state index in [0.717, 1.165) is 0 Å². The molecule has 0 bridgehead atoms. The van der Waals surface area contributed by atoms with Gasteiger partial charge >= 0.3 is 41.5 Å². The summed E-state index contributed by atoms with van der Waals surface area (Å²) < 4.78 is 0. The summed E-state index contributed by atoms with van der Waals surface area (Å²) in [7, 11) is 0. The number of carbonyl (C=O) groups is 3. The molecule has 6 heteroatoms. The van der Waals surface area contributed by atoms with Gasteiger partial charge in [-0.1, -0.05) is 0 Å². The van der Waals surface area contributed by atoms with Gasteiger partial charge in [-0.05, 0) is 12.8 Å². The zero-order valence-corrected chi connectivity index (χ0v) is 6.45. The van der Waals surface area contributed by atoms with E-state index >= 15 is 0 Å². The minimum atomic E-state index is -1.45. The third-order valence-electron chi connectivity index (χ3n) is 1.28. The molecule has 0 aliphatic carbocycles. The summed E-state index contributed by atoms with van der Waals surface area (Å²) in [5, 5.41) is 16.3. The predicted molar refractivity (Wildman–Crippen MR) is 45.9 cm³/mol. The van der Waals surface area contributed by atoms with Gasteiger partial charge in [0.25, 0.3) is 0 Å². The molecule has 0 aromatic carbocycles. The number of aliphatic carboxylic acids is 2. The van der Waals surface area contributed by atoms with Crippen LogP contribution >= 0.6 is 0 Å². The molecule has 0 rings (SSSR count). The maximum absolute atomic E-state index is 10.4. The SMILES string of the molecule is O=C(O)CCCCC(=O)C(=O)O.[NaH]. The molecule has 13 heavy (non-hydrogen) atoms. The number of Topliss-reactive ketones (excluding diaryl/α,β-unsaturated/α-hetero) is 1. The van der Waals surface area contributed by atoms with Crippen molar-refractivity contribution >= 4 is 47.3 Å². The molecule has 0 aromatic rings. The van der Waals surface area contributed by atoms with Crippen LogP contribution in [0, 0.1) is 0 Å². The van der Waals surface area contributed by atoms with Crippen molar-refractivity contribution < 1.29 is 24.6 Å². The van der Waals surface area contributed by atoms with Crippen molar-refractivity contribution in [3.05, 3.63) is 0 Å². The molecular weight excluding hydrogens is 187 g/mol. The van der Waals surface area contributed by atoms with Crippen molar-refractivity contribution in [3.63, 3.8) is 0 Å². The average Bonchev–Trinajstić information content (AvgIpc) is 1.97. The average molecular weight is 198 g/mol. The number of carboxylic acids is 2. The van der Waals surface area contributed by atoms with Crippen LogP contribution in [0.3, 0.4) is 0 Å². The summed E-state index contributed by atoms with van der Waals surface area (Å²) in [5.74, 6) is -3.25. The summed E-state index contributed by atoms with van der Waals surface area (Å²) in [4.78, 5) is 30.4. The quantitative estimate of drug-likeness (QED) is 0.345. The van der Waals surface area contributed by atoms with Gasteiger partial charge in [0, 0.05) is 12.8 Å². The molecular formula is C7H11NaO5. The molecule has 0 aliphatic rings. The minimum absolute atomic E-state index is 0. The van der Waals surface area contributed by atoms with Crippen LogP contribution in [0.2, 0.25) is 0 Å². The number of ketones is 1. The summed E-state index contributed by atoms with van der Waals surface area (Å²) in [6, 6.07) is 0. The molecule has 0 saturated carbocycles. The zero-order chi connectivity index (χ0) is 9.56. The van der Waals surface area contributed by atoms with E-state index < -0.39 is 17.7 Å². The Kier molecular flexibility index (Phi) is 9.55. The fraction of sp³-hybridized carbons (Fsp3) is 0.571. The van der Waals surface area contributed by atoms with Gasteiger partial charge in [-0.3, -0.25) is 9.59 Å².